The van der Waals surface area contributed by atoms with Crippen molar-refractivity contribution in [2.24, 2.45) is 0 Å². The van der Waals surface area contributed by atoms with Crippen LogP contribution >= 0.6 is 0 Å². The van der Waals surface area contributed by atoms with Gasteiger partial charge in [-0.2, -0.15) is 0 Å². The van der Waals surface area contributed by atoms with Crippen molar-refractivity contribution < 1.29 is 19.2 Å². The van der Waals surface area contributed by atoms with Crippen LogP contribution in [0.2, 0.25) is 0 Å². The number of carbonyl (C=O) groups is 2. The zero-order chi connectivity index (χ0) is 22.2. The number of carbonyl (C=O) groups excluding carboxylic acids is 2. The Morgan fingerprint density at radius 3 is 2.16 bits per heavy atom. The number of rotatable bonds is 7. The van der Waals surface area contributed by atoms with Crippen LogP contribution in [0.25, 0.3) is 11.1 Å². The molecule has 0 aromatic heterocycles. The van der Waals surface area contributed by atoms with Crippen LogP contribution in [0.1, 0.15) is 45.5 Å². The normalized spacial score (nSPS) is 15.7. The third-order valence-corrected chi connectivity index (χ3v) is 5.34. The average Bonchev–Trinajstić information content (AvgIpc) is 2.87. The van der Waals surface area contributed by atoms with E-state index in [9.17, 15) is 9.59 Å². The lowest BCUT2D eigenvalue weighted by molar-refractivity contribution is -0.186. The Morgan fingerprint density at radius 1 is 0.812 bits per heavy atom. The first kappa shape index (κ1) is 21.7. The number of hydrogen-bond donors (Lipinski definition) is 2. The van der Waals surface area contributed by atoms with Gasteiger partial charge in [-0.05, 0) is 53.8 Å². The third-order valence-electron chi connectivity index (χ3n) is 5.34. The average molecular weight is 431 g/mol. The van der Waals surface area contributed by atoms with E-state index in [1.54, 1.807) is 12.1 Å². The maximum atomic E-state index is 12.5. The SMILES string of the molecule is O=C(NCc1ccc(C(=O)NOC2CCCCO2)cc1)c1ccc(-c2ccccc2)cc1. The van der Waals surface area contributed by atoms with Crippen LogP contribution < -0.4 is 10.8 Å². The van der Waals surface area contributed by atoms with Gasteiger partial charge in [0, 0.05) is 30.7 Å². The number of amides is 2. The van der Waals surface area contributed by atoms with E-state index in [0.29, 0.717) is 24.3 Å². The van der Waals surface area contributed by atoms with Gasteiger partial charge in [-0.25, -0.2) is 10.3 Å². The van der Waals surface area contributed by atoms with Crippen LogP contribution in [0.5, 0.6) is 0 Å². The zero-order valence-corrected chi connectivity index (χ0v) is 17.8. The molecular formula is C26H26N2O4. The highest BCUT2D eigenvalue weighted by atomic mass is 16.8. The van der Waals surface area contributed by atoms with Crippen molar-refractivity contribution in [3.8, 4) is 11.1 Å². The fourth-order valence-electron chi connectivity index (χ4n) is 3.49. The molecule has 0 aliphatic carbocycles. The summed E-state index contributed by atoms with van der Waals surface area (Å²) in [7, 11) is 0. The Labute approximate surface area is 187 Å². The van der Waals surface area contributed by atoms with Crippen LogP contribution in [0, 0.1) is 0 Å². The van der Waals surface area contributed by atoms with Gasteiger partial charge in [-0.3, -0.25) is 9.59 Å². The number of ether oxygens (including phenoxy) is 1. The zero-order valence-electron chi connectivity index (χ0n) is 17.8. The highest BCUT2D eigenvalue weighted by Crippen LogP contribution is 2.19. The summed E-state index contributed by atoms with van der Waals surface area (Å²) >= 11 is 0. The van der Waals surface area contributed by atoms with Gasteiger partial charge in [0.2, 0.25) is 0 Å². The molecule has 0 spiro atoms. The van der Waals surface area contributed by atoms with E-state index in [2.05, 4.69) is 10.8 Å². The molecule has 4 rings (SSSR count). The third kappa shape index (κ3) is 5.81. The summed E-state index contributed by atoms with van der Waals surface area (Å²) < 4.78 is 5.43. The van der Waals surface area contributed by atoms with E-state index in [1.807, 2.05) is 66.7 Å². The molecule has 164 valence electrons. The van der Waals surface area contributed by atoms with Crippen molar-refractivity contribution in [2.75, 3.05) is 6.61 Å². The second-order valence-corrected chi connectivity index (χ2v) is 7.67. The topological polar surface area (TPSA) is 76.7 Å². The van der Waals surface area contributed by atoms with Crippen molar-refractivity contribution in [3.05, 3.63) is 95.6 Å². The predicted molar refractivity (Wildman–Crippen MR) is 122 cm³/mol. The van der Waals surface area contributed by atoms with Crippen LogP contribution in [-0.4, -0.2) is 24.7 Å². The lowest BCUT2D eigenvalue weighted by Crippen LogP contribution is -2.33. The first-order chi connectivity index (χ1) is 15.7. The summed E-state index contributed by atoms with van der Waals surface area (Å²) in [5.74, 6) is -0.472. The molecule has 2 amide bonds. The Bertz CT molecular complexity index is 1030. The lowest BCUT2D eigenvalue weighted by Gasteiger charge is -2.22. The second-order valence-electron chi connectivity index (χ2n) is 7.67. The van der Waals surface area contributed by atoms with Crippen molar-refractivity contribution in [3.63, 3.8) is 0 Å². The second kappa shape index (κ2) is 10.7. The van der Waals surface area contributed by atoms with Crippen molar-refractivity contribution in [1.82, 2.24) is 10.8 Å². The summed E-state index contributed by atoms with van der Waals surface area (Å²) in [5, 5.41) is 2.91. The summed E-state index contributed by atoms with van der Waals surface area (Å²) in [6, 6.07) is 24.6. The minimum atomic E-state index is -0.385. The summed E-state index contributed by atoms with van der Waals surface area (Å²) in [6.45, 7) is 1.02. The van der Waals surface area contributed by atoms with Gasteiger partial charge in [0.1, 0.15) is 0 Å². The molecule has 0 radical (unpaired) electrons. The number of nitrogens with one attached hydrogen (secondary N) is 2. The smallest absolute Gasteiger partial charge is 0.274 e. The molecule has 3 aromatic carbocycles. The first-order valence-corrected chi connectivity index (χ1v) is 10.8. The molecule has 32 heavy (non-hydrogen) atoms. The molecule has 1 heterocycles. The largest absolute Gasteiger partial charge is 0.350 e. The van der Waals surface area contributed by atoms with Crippen LogP contribution in [0.4, 0.5) is 0 Å². The van der Waals surface area contributed by atoms with Gasteiger partial charge in [-0.1, -0.05) is 54.6 Å². The Balaban J connectivity index is 1.26. The highest BCUT2D eigenvalue weighted by molar-refractivity contribution is 5.95. The maximum absolute atomic E-state index is 12.5. The number of benzene rings is 3. The number of hydroxylamine groups is 1. The molecule has 1 fully saturated rings. The number of hydrogen-bond acceptors (Lipinski definition) is 4. The van der Waals surface area contributed by atoms with E-state index in [1.165, 1.54) is 0 Å². The monoisotopic (exact) mass is 430 g/mol. The van der Waals surface area contributed by atoms with E-state index >= 15 is 0 Å². The van der Waals surface area contributed by atoms with Gasteiger partial charge in [-0.15, -0.1) is 0 Å². The molecule has 1 aliphatic rings. The minimum Gasteiger partial charge on any atom is -0.350 e. The maximum Gasteiger partial charge on any atom is 0.274 e. The molecule has 2 N–H and O–H groups in total. The van der Waals surface area contributed by atoms with Gasteiger partial charge < -0.3 is 10.1 Å². The van der Waals surface area contributed by atoms with Gasteiger partial charge >= 0.3 is 0 Å². The van der Waals surface area contributed by atoms with Gasteiger partial charge in [0.05, 0.1) is 0 Å². The Hall–Kier alpha value is -3.48. The Kier molecular flexibility index (Phi) is 7.27. The van der Waals surface area contributed by atoms with Gasteiger partial charge in [0.15, 0.2) is 6.29 Å². The highest BCUT2D eigenvalue weighted by Gasteiger charge is 2.16. The molecule has 1 unspecified atom stereocenters. The summed E-state index contributed by atoms with van der Waals surface area (Å²) in [5.41, 5.74) is 6.59. The molecule has 6 heteroatoms. The quantitative estimate of drug-likeness (QED) is 0.542. The molecule has 0 saturated carbocycles. The minimum absolute atomic E-state index is 0.146. The summed E-state index contributed by atoms with van der Waals surface area (Å²) in [4.78, 5) is 30.0. The molecule has 0 bridgehead atoms. The van der Waals surface area contributed by atoms with Gasteiger partial charge in [0.25, 0.3) is 11.8 Å². The standard InChI is InChI=1S/C26H26N2O4/c29-25(22-15-13-21(14-16-22)20-6-2-1-3-7-20)27-18-19-9-11-23(12-10-19)26(30)28-32-24-8-4-5-17-31-24/h1-3,6-7,9-16,24H,4-5,8,17-18H2,(H,27,29)(H,28,30). The molecule has 6 nitrogen and oxygen atoms in total. The molecular weight excluding hydrogens is 404 g/mol. The van der Waals surface area contributed by atoms with E-state index in [-0.39, 0.29) is 18.1 Å². The predicted octanol–water partition coefficient (Wildman–Crippen LogP) is 4.47. The Morgan fingerprint density at radius 2 is 1.47 bits per heavy atom. The summed E-state index contributed by atoms with van der Waals surface area (Å²) in [6.07, 6.45) is 2.43. The van der Waals surface area contributed by atoms with E-state index in [4.69, 9.17) is 9.57 Å². The van der Waals surface area contributed by atoms with Crippen molar-refractivity contribution >= 4 is 11.8 Å². The molecule has 1 saturated heterocycles. The van der Waals surface area contributed by atoms with Crippen LogP contribution in [-0.2, 0) is 16.1 Å². The van der Waals surface area contributed by atoms with E-state index in [0.717, 1.165) is 36.0 Å². The van der Waals surface area contributed by atoms with Crippen LogP contribution in [0.3, 0.4) is 0 Å². The van der Waals surface area contributed by atoms with Crippen molar-refractivity contribution in [1.29, 1.82) is 0 Å². The molecule has 1 aliphatic heterocycles. The van der Waals surface area contributed by atoms with Crippen LogP contribution in [0.15, 0.2) is 78.9 Å². The van der Waals surface area contributed by atoms with Crippen molar-refractivity contribution in [2.45, 2.75) is 32.1 Å². The molecule has 1 atom stereocenters. The van der Waals surface area contributed by atoms with E-state index < -0.39 is 0 Å². The fourth-order valence-corrected chi connectivity index (χ4v) is 3.49. The first-order valence-electron chi connectivity index (χ1n) is 10.8. The fraction of sp³-hybridized carbons (Fsp3) is 0.231. The lowest BCUT2D eigenvalue weighted by atomic mass is 10.0. The molecule has 3 aromatic rings.